The number of carbonyl (C=O) groups is 2. The second-order valence-corrected chi connectivity index (χ2v) is 4.60. The van der Waals surface area contributed by atoms with E-state index in [-0.39, 0.29) is 31.5 Å². The monoisotopic (exact) mass is 279 g/mol. The number of ether oxygens (including phenoxy) is 2. The number of methoxy groups -OCH3 is 1. The SMILES string of the molecule is COC(=O)CN(C(=O)CCOc1ccccc1)C(C)C. The molecule has 0 spiro atoms. The number of esters is 1. The van der Waals surface area contributed by atoms with Crippen LogP contribution in [-0.2, 0) is 14.3 Å². The van der Waals surface area contributed by atoms with Gasteiger partial charge in [0.05, 0.1) is 20.1 Å². The van der Waals surface area contributed by atoms with E-state index in [0.29, 0.717) is 0 Å². The van der Waals surface area contributed by atoms with Gasteiger partial charge in [-0.2, -0.15) is 0 Å². The van der Waals surface area contributed by atoms with Crippen molar-refractivity contribution in [3.8, 4) is 5.75 Å². The molecule has 0 radical (unpaired) electrons. The number of hydrogen-bond donors (Lipinski definition) is 0. The second kappa shape index (κ2) is 8.19. The Kier molecular flexibility index (Phi) is 6.56. The third-order valence-electron chi connectivity index (χ3n) is 2.80. The van der Waals surface area contributed by atoms with Gasteiger partial charge < -0.3 is 14.4 Å². The lowest BCUT2D eigenvalue weighted by atomic mass is 10.2. The molecule has 1 rings (SSSR count). The van der Waals surface area contributed by atoms with Crippen LogP contribution >= 0.6 is 0 Å². The number of para-hydroxylation sites is 1. The molecule has 110 valence electrons. The van der Waals surface area contributed by atoms with Gasteiger partial charge >= 0.3 is 5.97 Å². The number of benzene rings is 1. The van der Waals surface area contributed by atoms with Gasteiger partial charge in [-0.25, -0.2) is 0 Å². The third-order valence-corrected chi connectivity index (χ3v) is 2.80. The molecule has 0 saturated carbocycles. The Bertz CT molecular complexity index is 431. The highest BCUT2D eigenvalue weighted by molar-refractivity contribution is 5.82. The summed E-state index contributed by atoms with van der Waals surface area (Å²) in [5.74, 6) is 0.182. The normalized spacial score (nSPS) is 10.2. The molecule has 1 aromatic carbocycles. The minimum Gasteiger partial charge on any atom is -0.493 e. The summed E-state index contributed by atoms with van der Waals surface area (Å²) in [6.45, 7) is 3.98. The van der Waals surface area contributed by atoms with Crippen LogP contribution in [0.2, 0.25) is 0 Å². The highest BCUT2D eigenvalue weighted by Crippen LogP contribution is 2.09. The van der Waals surface area contributed by atoms with E-state index in [0.717, 1.165) is 5.75 Å². The first kappa shape index (κ1) is 16.0. The predicted octanol–water partition coefficient (Wildman–Crippen LogP) is 1.87. The van der Waals surface area contributed by atoms with Crippen molar-refractivity contribution >= 4 is 11.9 Å². The van der Waals surface area contributed by atoms with E-state index < -0.39 is 5.97 Å². The summed E-state index contributed by atoms with van der Waals surface area (Å²) in [5.41, 5.74) is 0. The quantitative estimate of drug-likeness (QED) is 0.715. The number of hydrogen-bond acceptors (Lipinski definition) is 4. The van der Waals surface area contributed by atoms with Crippen molar-refractivity contribution in [3.63, 3.8) is 0 Å². The molecule has 0 bridgehead atoms. The molecular formula is C15H21NO4. The lowest BCUT2D eigenvalue weighted by Crippen LogP contribution is -2.41. The Morgan fingerprint density at radius 3 is 2.40 bits per heavy atom. The minimum absolute atomic E-state index is 0.0294. The van der Waals surface area contributed by atoms with Crippen molar-refractivity contribution in [2.45, 2.75) is 26.3 Å². The van der Waals surface area contributed by atoms with Crippen molar-refractivity contribution in [2.75, 3.05) is 20.3 Å². The molecule has 20 heavy (non-hydrogen) atoms. The van der Waals surface area contributed by atoms with Crippen molar-refractivity contribution in [3.05, 3.63) is 30.3 Å². The Balaban J connectivity index is 2.44. The summed E-state index contributed by atoms with van der Waals surface area (Å²) in [6.07, 6.45) is 0.226. The van der Waals surface area contributed by atoms with Crippen LogP contribution in [-0.4, -0.2) is 43.1 Å². The average Bonchev–Trinajstić information content (AvgIpc) is 2.45. The zero-order valence-corrected chi connectivity index (χ0v) is 12.2. The fourth-order valence-corrected chi connectivity index (χ4v) is 1.68. The lowest BCUT2D eigenvalue weighted by Gasteiger charge is -2.25. The Morgan fingerprint density at radius 2 is 1.85 bits per heavy atom. The molecule has 5 heteroatoms. The van der Waals surface area contributed by atoms with Crippen LogP contribution < -0.4 is 4.74 Å². The molecule has 1 amide bonds. The Hall–Kier alpha value is -2.04. The standard InChI is InChI=1S/C15H21NO4/c1-12(2)16(11-15(18)19-3)14(17)9-10-20-13-7-5-4-6-8-13/h4-8,12H,9-11H2,1-3H3. The van der Waals surface area contributed by atoms with Gasteiger partial charge in [-0.15, -0.1) is 0 Å². The molecule has 0 saturated heterocycles. The second-order valence-electron chi connectivity index (χ2n) is 4.60. The molecule has 1 aromatic rings. The van der Waals surface area contributed by atoms with E-state index in [1.807, 2.05) is 44.2 Å². The van der Waals surface area contributed by atoms with Gasteiger partial charge in [-0.3, -0.25) is 9.59 Å². The van der Waals surface area contributed by atoms with Crippen LogP contribution in [0.3, 0.4) is 0 Å². The van der Waals surface area contributed by atoms with E-state index in [2.05, 4.69) is 4.74 Å². The van der Waals surface area contributed by atoms with Gasteiger partial charge in [0.2, 0.25) is 5.91 Å². The fraction of sp³-hybridized carbons (Fsp3) is 0.467. The maximum absolute atomic E-state index is 12.1. The zero-order chi connectivity index (χ0) is 15.0. The molecular weight excluding hydrogens is 258 g/mol. The van der Waals surface area contributed by atoms with Gasteiger partial charge in [-0.05, 0) is 26.0 Å². The van der Waals surface area contributed by atoms with Crippen LogP contribution in [0.1, 0.15) is 20.3 Å². The Morgan fingerprint density at radius 1 is 1.20 bits per heavy atom. The first-order chi connectivity index (χ1) is 9.54. The molecule has 0 unspecified atom stereocenters. The number of rotatable bonds is 7. The first-order valence-corrected chi connectivity index (χ1v) is 6.58. The summed E-state index contributed by atoms with van der Waals surface area (Å²) in [4.78, 5) is 24.8. The average molecular weight is 279 g/mol. The van der Waals surface area contributed by atoms with Crippen LogP contribution in [0.5, 0.6) is 5.75 Å². The van der Waals surface area contributed by atoms with Gasteiger partial charge in [0.25, 0.3) is 0 Å². The van der Waals surface area contributed by atoms with E-state index in [1.54, 1.807) is 0 Å². The van der Waals surface area contributed by atoms with Crippen LogP contribution in [0, 0.1) is 0 Å². The summed E-state index contributed by atoms with van der Waals surface area (Å²) in [7, 11) is 1.31. The van der Waals surface area contributed by atoms with E-state index in [9.17, 15) is 9.59 Å². The minimum atomic E-state index is -0.420. The van der Waals surface area contributed by atoms with Crippen molar-refractivity contribution < 1.29 is 19.1 Å². The maximum Gasteiger partial charge on any atom is 0.325 e. The number of nitrogens with zero attached hydrogens (tertiary/aromatic N) is 1. The van der Waals surface area contributed by atoms with Crippen LogP contribution in [0.15, 0.2) is 30.3 Å². The largest absolute Gasteiger partial charge is 0.493 e. The first-order valence-electron chi connectivity index (χ1n) is 6.58. The van der Waals surface area contributed by atoms with Gasteiger partial charge in [-0.1, -0.05) is 18.2 Å². The highest BCUT2D eigenvalue weighted by Gasteiger charge is 2.20. The smallest absolute Gasteiger partial charge is 0.325 e. The topological polar surface area (TPSA) is 55.8 Å². The lowest BCUT2D eigenvalue weighted by molar-refractivity contribution is -0.148. The van der Waals surface area contributed by atoms with E-state index >= 15 is 0 Å². The molecule has 5 nitrogen and oxygen atoms in total. The van der Waals surface area contributed by atoms with E-state index in [4.69, 9.17) is 4.74 Å². The molecule has 0 N–H and O–H groups in total. The maximum atomic E-state index is 12.1. The molecule has 0 aromatic heterocycles. The zero-order valence-electron chi connectivity index (χ0n) is 12.2. The van der Waals surface area contributed by atoms with Crippen LogP contribution in [0.25, 0.3) is 0 Å². The summed E-state index contributed by atoms with van der Waals surface area (Å²) in [6, 6.07) is 9.25. The number of amides is 1. The van der Waals surface area contributed by atoms with Crippen LogP contribution in [0.4, 0.5) is 0 Å². The van der Waals surface area contributed by atoms with Gasteiger partial charge in [0.1, 0.15) is 12.3 Å². The number of carbonyl (C=O) groups excluding carboxylic acids is 2. The van der Waals surface area contributed by atoms with E-state index in [1.165, 1.54) is 12.0 Å². The molecule has 0 atom stereocenters. The predicted molar refractivity (Wildman–Crippen MR) is 75.4 cm³/mol. The van der Waals surface area contributed by atoms with Gasteiger partial charge in [0, 0.05) is 6.04 Å². The van der Waals surface area contributed by atoms with Crippen molar-refractivity contribution in [2.24, 2.45) is 0 Å². The fourth-order valence-electron chi connectivity index (χ4n) is 1.68. The Labute approximate surface area is 119 Å². The molecule has 0 aliphatic rings. The molecule has 0 aliphatic carbocycles. The van der Waals surface area contributed by atoms with Crippen molar-refractivity contribution in [1.29, 1.82) is 0 Å². The summed E-state index contributed by atoms with van der Waals surface area (Å²) in [5, 5.41) is 0. The van der Waals surface area contributed by atoms with Gasteiger partial charge in [0.15, 0.2) is 0 Å². The highest BCUT2D eigenvalue weighted by atomic mass is 16.5. The molecule has 0 fully saturated rings. The van der Waals surface area contributed by atoms with Crippen molar-refractivity contribution in [1.82, 2.24) is 4.90 Å². The molecule has 0 heterocycles. The molecule has 0 aliphatic heterocycles. The third kappa shape index (κ3) is 5.30. The summed E-state index contributed by atoms with van der Waals surface area (Å²) < 4.78 is 10.1. The summed E-state index contributed by atoms with van der Waals surface area (Å²) >= 11 is 0.